The maximum Gasteiger partial charge on any atom is 0.326 e. The van der Waals surface area contributed by atoms with Crippen LogP contribution in [0.3, 0.4) is 0 Å². The van der Waals surface area contributed by atoms with Crippen LogP contribution in [0.25, 0.3) is 0 Å². The van der Waals surface area contributed by atoms with Crippen molar-refractivity contribution in [1.82, 2.24) is 4.31 Å². The van der Waals surface area contributed by atoms with Gasteiger partial charge in [0.15, 0.2) is 0 Å². The molecule has 1 aromatic rings. The first-order valence-corrected chi connectivity index (χ1v) is 10.3. The third kappa shape index (κ3) is 4.24. The highest BCUT2D eigenvalue weighted by molar-refractivity contribution is 7.88. The molecule has 2 rings (SSSR count). The molecule has 1 amide bonds. The van der Waals surface area contributed by atoms with Crippen molar-refractivity contribution in [2.75, 3.05) is 12.8 Å². The average Bonchev–Trinajstić information content (AvgIpc) is 2.48. The number of carbonyl (C=O) groups is 2. The van der Waals surface area contributed by atoms with Gasteiger partial charge in [0.25, 0.3) is 0 Å². The quantitative estimate of drug-likeness (QED) is 0.774. The van der Waals surface area contributed by atoms with Crippen molar-refractivity contribution in [3.63, 3.8) is 0 Å². The minimum atomic E-state index is -3.76. The smallest absolute Gasteiger partial charge is 0.326 e. The van der Waals surface area contributed by atoms with E-state index in [9.17, 15) is 18.0 Å². The second-order valence-corrected chi connectivity index (χ2v) is 9.57. The van der Waals surface area contributed by atoms with Crippen molar-refractivity contribution in [3.05, 3.63) is 35.4 Å². The maximum atomic E-state index is 12.6. The Morgan fingerprint density at radius 1 is 1.23 bits per heavy atom. The number of primary amides is 1. The lowest BCUT2D eigenvalue weighted by Gasteiger charge is -2.43. The molecule has 26 heavy (non-hydrogen) atoms. The lowest BCUT2D eigenvalue weighted by Crippen LogP contribution is -2.61. The molecule has 0 radical (unpaired) electrons. The number of morpholine rings is 1. The van der Waals surface area contributed by atoms with Crippen molar-refractivity contribution in [3.8, 4) is 0 Å². The van der Waals surface area contributed by atoms with E-state index in [-0.39, 0.29) is 6.54 Å². The predicted octanol–water partition coefficient (Wildman–Crippen LogP) is 1.34. The Morgan fingerprint density at radius 3 is 2.15 bits per heavy atom. The van der Waals surface area contributed by atoms with Gasteiger partial charge in [-0.1, -0.05) is 38.1 Å². The molecule has 2 atom stereocenters. The predicted molar refractivity (Wildman–Crippen MR) is 98.0 cm³/mol. The van der Waals surface area contributed by atoms with E-state index in [1.807, 2.05) is 26.0 Å². The van der Waals surface area contributed by atoms with Gasteiger partial charge in [0.2, 0.25) is 15.9 Å². The molecule has 144 valence electrons. The summed E-state index contributed by atoms with van der Waals surface area (Å²) in [6, 6.07) is 5.79. The molecule has 0 aromatic heterocycles. The van der Waals surface area contributed by atoms with Gasteiger partial charge in [0, 0.05) is 0 Å². The molecule has 0 saturated carbocycles. The molecular weight excluding hydrogens is 356 g/mol. The Hall–Kier alpha value is -1.93. The highest BCUT2D eigenvalue weighted by atomic mass is 32.2. The van der Waals surface area contributed by atoms with Gasteiger partial charge in [-0.3, -0.25) is 9.59 Å². The Bertz CT molecular complexity index is 799. The molecule has 8 heteroatoms. The maximum absolute atomic E-state index is 12.6. The second kappa shape index (κ2) is 7.00. The second-order valence-electron chi connectivity index (χ2n) is 7.64. The van der Waals surface area contributed by atoms with E-state index in [0.717, 1.165) is 16.1 Å². The van der Waals surface area contributed by atoms with Gasteiger partial charge < -0.3 is 10.5 Å². The van der Waals surface area contributed by atoms with Gasteiger partial charge in [-0.15, -0.1) is 0 Å². The number of ether oxygens (including phenoxy) is 1. The van der Waals surface area contributed by atoms with Crippen molar-refractivity contribution in [2.45, 2.75) is 51.2 Å². The van der Waals surface area contributed by atoms with E-state index in [4.69, 9.17) is 10.5 Å². The summed E-state index contributed by atoms with van der Waals surface area (Å²) in [6.07, 6.45) is 1.01. The number of carbonyl (C=O) groups excluding carboxylic acids is 2. The molecule has 1 fully saturated rings. The van der Waals surface area contributed by atoms with E-state index in [0.29, 0.717) is 11.5 Å². The summed E-state index contributed by atoms with van der Waals surface area (Å²) in [7, 11) is -3.76. The van der Waals surface area contributed by atoms with Crippen LogP contribution in [-0.4, -0.2) is 49.0 Å². The zero-order valence-corrected chi connectivity index (χ0v) is 16.5. The van der Waals surface area contributed by atoms with Crippen LogP contribution in [0, 0.1) is 0 Å². The third-order valence-corrected chi connectivity index (χ3v) is 5.68. The number of nitrogens with zero attached hydrogens (tertiary/aromatic N) is 1. The van der Waals surface area contributed by atoms with E-state index in [1.165, 1.54) is 0 Å². The summed E-state index contributed by atoms with van der Waals surface area (Å²) < 4.78 is 31.0. The van der Waals surface area contributed by atoms with Crippen LogP contribution in [0.5, 0.6) is 0 Å². The van der Waals surface area contributed by atoms with Crippen molar-refractivity contribution < 1.29 is 22.7 Å². The van der Waals surface area contributed by atoms with Crippen molar-refractivity contribution in [2.24, 2.45) is 5.73 Å². The first-order valence-electron chi connectivity index (χ1n) is 8.42. The average molecular weight is 382 g/mol. The Balaban J connectivity index is 2.53. The van der Waals surface area contributed by atoms with Crippen LogP contribution in [-0.2, 0) is 24.3 Å². The number of esters is 1. The molecule has 1 aromatic carbocycles. The molecule has 1 aliphatic heterocycles. The summed E-state index contributed by atoms with van der Waals surface area (Å²) in [5.41, 5.74) is 6.12. The minimum absolute atomic E-state index is 0.0455. The van der Waals surface area contributed by atoms with Gasteiger partial charge in [0.1, 0.15) is 11.6 Å². The number of sulfonamides is 1. The van der Waals surface area contributed by atoms with Crippen LogP contribution in [0.1, 0.15) is 50.7 Å². The number of nitrogens with two attached hydrogens (primary N) is 1. The number of hydrogen-bond donors (Lipinski definition) is 1. The lowest BCUT2D eigenvalue weighted by atomic mass is 9.87. The Labute approximate surface area is 154 Å². The van der Waals surface area contributed by atoms with E-state index < -0.39 is 39.5 Å². The fourth-order valence-corrected chi connectivity index (χ4v) is 4.34. The topological polar surface area (TPSA) is 107 Å². The fraction of sp³-hybridized carbons (Fsp3) is 0.556. The molecule has 0 spiro atoms. The number of rotatable bonds is 5. The third-order valence-electron chi connectivity index (χ3n) is 4.48. The van der Waals surface area contributed by atoms with E-state index in [2.05, 4.69) is 0 Å². The van der Waals surface area contributed by atoms with E-state index >= 15 is 0 Å². The van der Waals surface area contributed by atoms with Gasteiger partial charge in [-0.25, -0.2) is 8.42 Å². The van der Waals surface area contributed by atoms with Gasteiger partial charge in [-0.2, -0.15) is 4.31 Å². The SMILES string of the molecule is CC(C)c1ccc(C(C(N)=O)C2C(=O)OC(C)(C)CN2S(C)(=O)=O)cc1. The molecule has 2 unspecified atom stereocenters. The normalized spacial score (nSPS) is 22.1. The number of cyclic esters (lactones) is 1. The fourth-order valence-electron chi connectivity index (χ4n) is 3.17. The van der Waals surface area contributed by atoms with Crippen LogP contribution >= 0.6 is 0 Å². The molecule has 0 aliphatic carbocycles. The molecule has 7 nitrogen and oxygen atoms in total. The summed E-state index contributed by atoms with van der Waals surface area (Å²) in [6.45, 7) is 7.27. The summed E-state index contributed by atoms with van der Waals surface area (Å²) >= 11 is 0. The summed E-state index contributed by atoms with van der Waals surface area (Å²) in [4.78, 5) is 24.8. The molecule has 2 N–H and O–H groups in total. The first kappa shape index (κ1) is 20.4. The van der Waals surface area contributed by atoms with Gasteiger partial charge in [0.05, 0.1) is 18.7 Å². The highest BCUT2D eigenvalue weighted by Gasteiger charge is 2.50. The highest BCUT2D eigenvalue weighted by Crippen LogP contribution is 2.33. The van der Waals surface area contributed by atoms with Crippen molar-refractivity contribution in [1.29, 1.82) is 0 Å². The van der Waals surface area contributed by atoms with Crippen LogP contribution in [0.4, 0.5) is 0 Å². The monoisotopic (exact) mass is 382 g/mol. The van der Waals surface area contributed by atoms with Crippen LogP contribution in [0.15, 0.2) is 24.3 Å². The number of amides is 1. The van der Waals surface area contributed by atoms with E-state index in [1.54, 1.807) is 26.0 Å². The lowest BCUT2D eigenvalue weighted by molar-refractivity contribution is -0.174. The first-order chi connectivity index (χ1) is 11.8. The summed E-state index contributed by atoms with van der Waals surface area (Å²) in [5.74, 6) is -2.39. The molecular formula is C18H26N2O5S. The summed E-state index contributed by atoms with van der Waals surface area (Å²) in [5, 5.41) is 0. The van der Waals surface area contributed by atoms with Crippen molar-refractivity contribution >= 4 is 21.9 Å². The molecule has 1 heterocycles. The van der Waals surface area contributed by atoms with Gasteiger partial charge in [-0.05, 0) is 30.9 Å². The largest absolute Gasteiger partial charge is 0.457 e. The zero-order valence-electron chi connectivity index (χ0n) is 15.7. The molecule has 1 saturated heterocycles. The van der Waals surface area contributed by atoms with Crippen LogP contribution < -0.4 is 5.73 Å². The molecule has 0 bridgehead atoms. The minimum Gasteiger partial charge on any atom is -0.457 e. The standard InChI is InChI=1S/C18H26N2O5S/c1-11(2)12-6-8-13(9-7-12)14(16(19)21)15-17(22)25-18(3,4)10-20(15)26(5,23)24/h6-9,11,14-15H,10H2,1-5H3,(H2,19,21). The van der Waals surface area contributed by atoms with Crippen LogP contribution in [0.2, 0.25) is 0 Å². The Kier molecular flexibility index (Phi) is 5.49. The molecule has 1 aliphatic rings. The zero-order chi connectivity index (χ0) is 19.9. The number of hydrogen-bond acceptors (Lipinski definition) is 5. The van der Waals surface area contributed by atoms with Gasteiger partial charge >= 0.3 is 5.97 Å². The number of benzene rings is 1. The Morgan fingerprint density at radius 2 is 1.73 bits per heavy atom.